The normalized spacial score (nSPS) is 13.2. The van der Waals surface area contributed by atoms with E-state index in [4.69, 9.17) is 13.1 Å². The van der Waals surface area contributed by atoms with Crippen LogP contribution in [0.25, 0.3) is 0 Å². The van der Waals surface area contributed by atoms with Gasteiger partial charge in [0.15, 0.2) is 0 Å². The van der Waals surface area contributed by atoms with E-state index in [2.05, 4.69) is 9.50 Å². The van der Waals surface area contributed by atoms with Gasteiger partial charge < -0.3 is 14.8 Å². The van der Waals surface area contributed by atoms with Gasteiger partial charge in [-0.25, -0.2) is 9.59 Å². The van der Waals surface area contributed by atoms with Crippen LogP contribution >= 0.6 is 10.3 Å². The fourth-order valence-corrected chi connectivity index (χ4v) is 5.31. The monoisotopic (exact) mass is 471 g/mol. The summed E-state index contributed by atoms with van der Waals surface area (Å²) in [6.07, 6.45) is 2.53. The molecular formula is C20H25NO8S2. The molecule has 2 aromatic carbocycles. The van der Waals surface area contributed by atoms with E-state index in [1.165, 1.54) is 19.1 Å². The summed E-state index contributed by atoms with van der Waals surface area (Å²) in [5.74, 6) is -0.459. The lowest BCUT2D eigenvalue weighted by molar-refractivity contribution is -0.136. The molecule has 0 unspecified atom stereocenters. The van der Waals surface area contributed by atoms with Gasteiger partial charge in [-0.3, -0.25) is 4.18 Å². The highest BCUT2D eigenvalue weighted by Gasteiger charge is 2.25. The smallest absolute Gasteiger partial charge is 0.409 e. The van der Waals surface area contributed by atoms with E-state index in [-0.39, 0.29) is 12.4 Å². The molecule has 0 aliphatic heterocycles. The molecule has 0 aliphatic carbocycles. The fourth-order valence-electron chi connectivity index (χ4n) is 2.32. The summed E-state index contributed by atoms with van der Waals surface area (Å²) < 4.78 is 42.8. The van der Waals surface area contributed by atoms with Crippen molar-refractivity contribution in [2.75, 3.05) is 19.6 Å². The van der Waals surface area contributed by atoms with Gasteiger partial charge in [-0.15, -0.1) is 0 Å². The Labute approximate surface area is 183 Å². The first-order chi connectivity index (χ1) is 14.5. The SMILES string of the molecule is COS(=O)(=O)OS(C)(C)c1ccc(OC(=O)[C@H](C)NC(=O)OCc2ccccc2)cc1. The molecule has 2 aromatic rings. The Morgan fingerprint density at radius 2 is 1.61 bits per heavy atom. The molecule has 0 heterocycles. The number of alkyl carbamates (subject to hydrolysis) is 1. The Bertz CT molecular complexity index is 992. The van der Waals surface area contributed by atoms with Crippen LogP contribution in [0, 0.1) is 0 Å². The van der Waals surface area contributed by atoms with E-state index >= 15 is 0 Å². The highest BCUT2D eigenvalue weighted by atomic mass is 32.3. The van der Waals surface area contributed by atoms with Crippen molar-refractivity contribution in [1.29, 1.82) is 0 Å². The third-order valence-electron chi connectivity index (χ3n) is 3.97. The number of esters is 1. The molecule has 0 radical (unpaired) electrons. The van der Waals surface area contributed by atoms with Gasteiger partial charge in [0.05, 0.1) is 7.11 Å². The largest absolute Gasteiger partial charge is 0.445 e. The lowest BCUT2D eigenvalue weighted by Crippen LogP contribution is -2.41. The van der Waals surface area contributed by atoms with Gasteiger partial charge >= 0.3 is 22.5 Å². The number of hydrogen-bond acceptors (Lipinski definition) is 8. The van der Waals surface area contributed by atoms with E-state index in [1.807, 2.05) is 30.3 Å². The van der Waals surface area contributed by atoms with Crippen LogP contribution in [0.3, 0.4) is 0 Å². The Morgan fingerprint density at radius 3 is 2.19 bits per heavy atom. The maximum absolute atomic E-state index is 12.2. The molecule has 11 heteroatoms. The maximum atomic E-state index is 12.2. The second kappa shape index (κ2) is 10.6. The number of ether oxygens (including phenoxy) is 2. The molecule has 1 N–H and O–H groups in total. The zero-order valence-electron chi connectivity index (χ0n) is 17.6. The molecule has 170 valence electrons. The maximum Gasteiger partial charge on any atom is 0.409 e. The van der Waals surface area contributed by atoms with Gasteiger partial charge in [0, 0.05) is 4.90 Å². The molecule has 0 spiro atoms. The summed E-state index contributed by atoms with van der Waals surface area (Å²) in [6.45, 7) is 1.55. The molecule has 2 rings (SSSR count). The second-order valence-electron chi connectivity index (χ2n) is 6.70. The lowest BCUT2D eigenvalue weighted by Gasteiger charge is -2.29. The predicted molar refractivity (Wildman–Crippen MR) is 116 cm³/mol. The Hall–Kier alpha value is -2.60. The number of hydrogen-bond donors (Lipinski definition) is 1. The zero-order chi connectivity index (χ0) is 23.1. The van der Waals surface area contributed by atoms with Crippen molar-refractivity contribution in [3.63, 3.8) is 0 Å². The molecule has 1 amide bonds. The minimum atomic E-state index is -4.10. The van der Waals surface area contributed by atoms with Crippen LogP contribution in [0.2, 0.25) is 0 Å². The Morgan fingerprint density at radius 1 is 1.00 bits per heavy atom. The minimum absolute atomic E-state index is 0.0783. The number of nitrogens with one attached hydrogen (secondary N) is 1. The minimum Gasteiger partial charge on any atom is -0.445 e. The average molecular weight is 472 g/mol. The third-order valence-corrected chi connectivity index (χ3v) is 7.81. The first kappa shape index (κ1) is 24.7. The summed E-state index contributed by atoms with van der Waals surface area (Å²) in [6, 6.07) is 14.4. The molecule has 0 saturated carbocycles. The predicted octanol–water partition coefficient (Wildman–Crippen LogP) is 3.15. The van der Waals surface area contributed by atoms with Crippen molar-refractivity contribution in [1.82, 2.24) is 5.32 Å². The summed E-state index contributed by atoms with van der Waals surface area (Å²) in [7, 11) is -5.25. The number of rotatable bonds is 9. The van der Waals surface area contributed by atoms with Crippen molar-refractivity contribution in [2.24, 2.45) is 0 Å². The highest BCUT2D eigenvalue weighted by molar-refractivity contribution is 8.31. The summed E-state index contributed by atoms with van der Waals surface area (Å²) in [5, 5.41) is 2.41. The van der Waals surface area contributed by atoms with Crippen LogP contribution in [-0.4, -0.2) is 46.1 Å². The van der Waals surface area contributed by atoms with E-state index < -0.39 is 38.8 Å². The standard InChI is InChI=1S/C20H25NO8S2/c1-15(21-20(23)27-14-16-8-6-5-7-9-16)19(22)28-17-10-12-18(13-11-17)30(3,4)29-31(24,25)26-2/h5-13,15H,14H2,1-4H3,(H,21,23)/t15-/m0/s1. The number of amides is 1. The molecule has 0 bridgehead atoms. The molecule has 0 fully saturated rings. The van der Waals surface area contributed by atoms with Gasteiger partial charge in [0.1, 0.15) is 18.4 Å². The lowest BCUT2D eigenvalue weighted by atomic mass is 10.2. The summed E-state index contributed by atoms with van der Waals surface area (Å²) in [5.41, 5.74) is 0.820. The Balaban J connectivity index is 1.89. The zero-order valence-corrected chi connectivity index (χ0v) is 19.2. The van der Waals surface area contributed by atoms with Gasteiger partial charge in [-0.2, -0.15) is 12.0 Å². The molecule has 0 aromatic heterocycles. The van der Waals surface area contributed by atoms with Gasteiger partial charge in [-0.05, 0) is 49.3 Å². The molecule has 0 aliphatic rings. The van der Waals surface area contributed by atoms with Crippen LogP contribution < -0.4 is 10.1 Å². The fraction of sp³-hybridized carbons (Fsp3) is 0.300. The highest BCUT2D eigenvalue weighted by Crippen LogP contribution is 2.51. The molecule has 9 nitrogen and oxygen atoms in total. The summed E-state index contributed by atoms with van der Waals surface area (Å²) >= 11 is 0. The molecule has 0 saturated heterocycles. The van der Waals surface area contributed by atoms with Crippen molar-refractivity contribution in [2.45, 2.75) is 24.5 Å². The quantitative estimate of drug-likeness (QED) is 0.438. The van der Waals surface area contributed by atoms with Crippen LogP contribution in [0.1, 0.15) is 12.5 Å². The molecule has 1 atom stereocenters. The van der Waals surface area contributed by atoms with E-state index in [0.717, 1.165) is 12.7 Å². The van der Waals surface area contributed by atoms with E-state index in [9.17, 15) is 18.0 Å². The first-order valence-electron chi connectivity index (χ1n) is 9.06. The number of benzene rings is 2. The second-order valence-corrected chi connectivity index (χ2v) is 11.3. The average Bonchev–Trinajstić information content (AvgIpc) is 2.72. The number of carbonyl (C=O) groups is 2. The van der Waals surface area contributed by atoms with Crippen LogP contribution in [0.4, 0.5) is 4.79 Å². The van der Waals surface area contributed by atoms with Gasteiger partial charge in [0.25, 0.3) is 0 Å². The van der Waals surface area contributed by atoms with Crippen molar-refractivity contribution >= 4 is 32.8 Å². The first-order valence-corrected chi connectivity index (χ1v) is 12.8. The van der Waals surface area contributed by atoms with Gasteiger partial charge in [0.2, 0.25) is 0 Å². The third kappa shape index (κ3) is 7.87. The van der Waals surface area contributed by atoms with Crippen molar-refractivity contribution in [3.8, 4) is 5.75 Å². The van der Waals surface area contributed by atoms with Crippen molar-refractivity contribution < 1.29 is 35.3 Å². The van der Waals surface area contributed by atoms with E-state index in [0.29, 0.717) is 4.90 Å². The van der Waals surface area contributed by atoms with Gasteiger partial charge in [-0.1, -0.05) is 40.6 Å². The van der Waals surface area contributed by atoms with E-state index in [1.54, 1.807) is 24.6 Å². The number of carbonyl (C=O) groups excluding carboxylic acids is 2. The van der Waals surface area contributed by atoms with Crippen LogP contribution in [0.15, 0.2) is 59.5 Å². The molecular weight excluding hydrogens is 446 g/mol. The topological polar surface area (TPSA) is 117 Å². The van der Waals surface area contributed by atoms with Crippen LogP contribution in [0.5, 0.6) is 5.75 Å². The molecule has 31 heavy (non-hydrogen) atoms. The summed E-state index contributed by atoms with van der Waals surface area (Å²) in [4.78, 5) is 24.7. The Kier molecular flexibility index (Phi) is 8.45. The van der Waals surface area contributed by atoms with Crippen molar-refractivity contribution in [3.05, 3.63) is 60.2 Å². The van der Waals surface area contributed by atoms with Crippen LogP contribution in [-0.2, 0) is 34.3 Å².